The number of carbonyl (C=O) groups excluding carboxylic acids is 1. The highest BCUT2D eigenvalue weighted by molar-refractivity contribution is 5.87. The Kier molecular flexibility index (Phi) is 8.05. The Balaban J connectivity index is 2.40. The molecule has 0 aromatic heterocycles. The molecule has 0 bridgehead atoms. The van der Waals surface area contributed by atoms with Crippen LogP contribution in [0.4, 0.5) is 0 Å². The van der Waals surface area contributed by atoms with Crippen LogP contribution in [-0.2, 0) is 14.9 Å². The summed E-state index contributed by atoms with van der Waals surface area (Å²) in [5.41, 5.74) is 1.22. The second-order valence-corrected chi connectivity index (χ2v) is 7.40. The highest BCUT2D eigenvalue weighted by Gasteiger charge is 2.43. The lowest BCUT2D eigenvalue weighted by atomic mass is 9.69. The quantitative estimate of drug-likeness (QED) is 0.559. The molecule has 146 valence electrons. The number of ether oxygens (including phenoxy) is 1. The van der Waals surface area contributed by atoms with Crippen LogP contribution in [0.25, 0.3) is 0 Å². The van der Waals surface area contributed by atoms with Crippen molar-refractivity contribution >= 4 is 5.97 Å². The van der Waals surface area contributed by atoms with E-state index in [1.54, 1.807) is 0 Å². The van der Waals surface area contributed by atoms with Gasteiger partial charge in [-0.1, -0.05) is 88.4 Å². The summed E-state index contributed by atoms with van der Waals surface area (Å²) in [7, 11) is 0. The minimum absolute atomic E-state index is 0.152. The van der Waals surface area contributed by atoms with Gasteiger partial charge in [-0.05, 0) is 36.6 Å². The molecule has 2 aromatic carbocycles. The molecular weight excluding hydrogens is 334 g/mol. The number of nitrogens with zero attached hydrogens (tertiary/aromatic N) is 1. The second-order valence-electron chi connectivity index (χ2n) is 7.40. The first kappa shape index (κ1) is 21.2. The predicted octanol–water partition coefficient (Wildman–Crippen LogP) is 4.90. The van der Waals surface area contributed by atoms with Crippen molar-refractivity contribution in [3.05, 3.63) is 71.8 Å². The summed E-state index contributed by atoms with van der Waals surface area (Å²) in [4.78, 5) is 15.8. The minimum Gasteiger partial charge on any atom is -0.463 e. The number of likely N-dealkylation sites (N-methyl/N-ethyl adjacent to an activating group) is 1. The molecule has 0 unspecified atom stereocenters. The second kappa shape index (κ2) is 10.3. The fourth-order valence-electron chi connectivity index (χ4n) is 3.71. The fraction of sp³-hybridized carbons (Fsp3) is 0.458. The maximum absolute atomic E-state index is 13.5. The summed E-state index contributed by atoms with van der Waals surface area (Å²) in [6.45, 7) is 11.7. The van der Waals surface area contributed by atoms with Crippen LogP contribution < -0.4 is 0 Å². The fourth-order valence-corrected chi connectivity index (χ4v) is 3.71. The largest absolute Gasteiger partial charge is 0.463 e. The zero-order valence-electron chi connectivity index (χ0n) is 17.2. The number of hydrogen-bond donors (Lipinski definition) is 0. The minimum atomic E-state index is -0.778. The van der Waals surface area contributed by atoms with Crippen molar-refractivity contribution in [3.8, 4) is 0 Å². The first-order valence-corrected chi connectivity index (χ1v) is 10.0. The topological polar surface area (TPSA) is 29.5 Å². The van der Waals surface area contributed by atoms with Crippen LogP contribution in [0.1, 0.15) is 45.2 Å². The molecule has 27 heavy (non-hydrogen) atoms. The third kappa shape index (κ3) is 5.20. The molecule has 2 aromatic rings. The Morgan fingerprint density at radius 2 is 1.41 bits per heavy atom. The Hall–Kier alpha value is -2.13. The summed E-state index contributed by atoms with van der Waals surface area (Å²) in [6.07, 6.45) is 0.713. The molecule has 0 spiro atoms. The van der Waals surface area contributed by atoms with Crippen molar-refractivity contribution in [1.29, 1.82) is 0 Å². The Morgan fingerprint density at radius 1 is 0.926 bits per heavy atom. The van der Waals surface area contributed by atoms with E-state index in [9.17, 15) is 4.79 Å². The van der Waals surface area contributed by atoms with E-state index in [2.05, 4.69) is 32.6 Å². The molecule has 3 heteroatoms. The number of hydrogen-bond acceptors (Lipinski definition) is 3. The molecule has 3 nitrogen and oxygen atoms in total. The van der Waals surface area contributed by atoms with Crippen LogP contribution in [0, 0.1) is 5.92 Å². The maximum atomic E-state index is 13.5. The van der Waals surface area contributed by atoms with Gasteiger partial charge in [-0.2, -0.15) is 0 Å². The first-order valence-electron chi connectivity index (χ1n) is 10.0. The number of carbonyl (C=O) groups is 1. The summed E-state index contributed by atoms with van der Waals surface area (Å²) in [6, 6.07) is 20.1. The van der Waals surface area contributed by atoms with Gasteiger partial charge >= 0.3 is 5.97 Å². The highest BCUT2D eigenvalue weighted by atomic mass is 16.5. The predicted molar refractivity (Wildman–Crippen MR) is 112 cm³/mol. The van der Waals surface area contributed by atoms with Gasteiger partial charge in [0, 0.05) is 6.54 Å². The van der Waals surface area contributed by atoms with Gasteiger partial charge in [0.05, 0.1) is 0 Å². The number of rotatable bonds is 10. The molecule has 0 saturated heterocycles. The van der Waals surface area contributed by atoms with E-state index in [0.717, 1.165) is 30.8 Å². The van der Waals surface area contributed by atoms with Crippen molar-refractivity contribution in [1.82, 2.24) is 4.90 Å². The van der Waals surface area contributed by atoms with Gasteiger partial charge in [-0.25, -0.2) is 0 Å². The highest BCUT2D eigenvalue weighted by Crippen LogP contribution is 2.39. The van der Waals surface area contributed by atoms with Gasteiger partial charge in [0.15, 0.2) is 0 Å². The molecule has 0 N–H and O–H groups in total. The molecule has 0 atom stereocenters. The van der Waals surface area contributed by atoms with Gasteiger partial charge in [-0.15, -0.1) is 0 Å². The van der Waals surface area contributed by atoms with E-state index in [1.807, 2.05) is 60.7 Å². The van der Waals surface area contributed by atoms with Gasteiger partial charge < -0.3 is 9.64 Å². The average Bonchev–Trinajstić information content (AvgIpc) is 2.70. The average molecular weight is 368 g/mol. The van der Waals surface area contributed by atoms with E-state index in [1.165, 1.54) is 0 Å². The van der Waals surface area contributed by atoms with Crippen LogP contribution in [0.15, 0.2) is 60.7 Å². The van der Waals surface area contributed by atoms with Crippen molar-refractivity contribution in [2.24, 2.45) is 5.92 Å². The molecule has 0 heterocycles. The molecule has 0 saturated carbocycles. The van der Waals surface area contributed by atoms with E-state index in [0.29, 0.717) is 18.9 Å². The zero-order chi connectivity index (χ0) is 19.7. The number of benzene rings is 2. The van der Waals surface area contributed by atoms with E-state index < -0.39 is 5.41 Å². The van der Waals surface area contributed by atoms with Crippen molar-refractivity contribution in [2.75, 3.05) is 26.2 Å². The third-order valence-electron chi connectivity index (χ3n) is 5.13. The van der Waals surface area contributed by atoms with E-state index >= 15 is 0 Å². The molecule has 0 fully saturated rings. The van der Waals surface area contributed by atoms with Crippen molar-refractivity contribution in [2.45, 2.75) is 39.5 Å². The third-order valence-corrected chi connectivity index (χ3v) is 5.13. The first-order chi connectivity index (χ1) is 13.0. The summed E-state index contributed by atoms with van der Waals surface area (Å²) in [5.74, 6) is 0.196. The van der Waals surface area contributed by atoms with Gasteiger partial charge in [0.25, 0.3) is 0 Å². The smallest absolute Gasteiger partial charge is 0.321 e. The van der Waals surface area contributed by atoms with Gasteiger partial charge in [0.2, 0.25) is 0 Å². The van der Waals surface area contributed by atoms with Crippen molar-refractivity contribution in [3.63, 3.8) is 0 Å². The SMILES string of the molecule is CCN(CC)CCOC(=O)C(CC(C)C)(c1ccccc1)c1ccccc1. The summed E-state index contributed by atoms with van der Waals surface area (Å²) < 4.78 is 5.87. The molecular formula is C24H33NO2. The standard InChI is InChI=1S/C24H33NO2/c1-5-25(6-2)17-18-27-23(26)24(19-20(3)4,21-13-9-7-10-14-21)22-15-11-8-12-16-22/h7-16,20H,5-6,17-19H2,1-4H3. The van der Waals surface area contributed by atoms with Gasteiger partial charge in [0.1, 0.15) is 12.0 Å². The van der Waals surface area contributed by atoms with Crippen LogP contribution in [-0.4, -0.2) is 37.1 Å². The number of esters is 1. The van der Waals surface area contributed by atoms with Crippen molar-refractivity contribution < 1.29 is 9.53 Å². The molecule has 0 amide bonds. The normalized spacial score (nSPS) is 11.8. The molecule has 0 aliphatic rings. The Bertz CT molecular complexity index is 639. The zero-order valence-corrected chi connectivity index (χ0v) is 17.2. The van der Waals surface area contributed by atoms with E-state index in [-0.39, 0.29) is 5.97 Å². The lowest BCUT2D eigenvalue weighted by Gasteiger charge is -2.34. The monoisotopic (exact) mass is 367 g/mol. The molecule has 0 radical (unpaired) electrons. The molecule has 0 aliphatic heterocycles. The molecule has 2 rings (SSSR count). The lowest BCUT2D eigenvalue weighted by molar-refractivity contribution is -0.150. The summed E-state index contributed by atoms with van der Waals surface area (Å²) in [5, 5.41) is 0. The Labute approximate surface area is 164 Å². The van der Waals surface area contributed by atoms with Gasteiger partial charge in [-0.3, -0.25) is 4.79 Å². The van der Waals surface area contributed by atoms with Crippen LogP contribution in [0.2, 0.25) is 0 Å². The lowest BCUT2D eigenvalue weighted by Crippen LogP contribution is -2.41. The van der Waals surface area contributed by atoms with Crippen LogP contribution >= 0.6 is 0 Å². The van der Waals surface area contributed by atoms with Crippen LogP contribution in [0.5, 0.6) is 0 Å². The maximum Gasteiger partial charge on any atom is 0.321 e. The summed E-state index contributed by atoms with van der Waals surface area (Å²) >= 11 is 0. The van der Waals surface area contributed by atoms with E-state index in [4.69, 9.17) is 4.74 Å². The molecule has 0 aliphatic carbocycles. The van der Waals surface area contributed by atoms with Crippen LogP contribution in [0.3, 0.4) is 0 Å². The Morgan fingerprint density at radius 3 is 1.81 bits per heavy atom.